The summed E-state index contributed by atoms with van der Waals surface area (Å²) >= 11 is 0. The van der Waals surface area contributed by atoms with Gasteiger partial charge in [-0.25, -0.2) is 9.40 Å². The highest BCUT2D eigenvalue weighted by molar-refractivity contribution is 6.14. The number of halogens is 1. The summed E-state index contributed by atoms with van der Waals surface area (Å²) in [7, 11) is 0. The molecule has 13 heteroatoms. The third-order valence-corrected chi connectivity index (χ3v) is 12.2. The lowest BCUT2D eigenvalue weighted by molar-refractivity contribution is -0.219. The monoisotopic (exact) mass is 760 g/mol. The van der Waals surface area contributed by atoms with Crippen LogP contribution >= 0.6 is 0 Å². The maximum absolute atomic E-state index is 16.9. The molecule has 1 saturated heterocycles. The predicted octanol–water partition coefficient (Wildman–Crippen LogP) is 3.78. The van der Waals surface area contributed by atoms with Crippen molar-refractivity contribution in [2.24, 2.45) is 34.5 Å². The Hall–Kier alpha value is -3.33. The summed E-state index contributed by atoms with van der Waals surface area (Å²) in [6, 6.07) is 9.17. The predicted molar refractivity (Wildman–Crippen MR) is 201 cm³/mol. The molecular formula is C41H61FN2O10. The average molecular weight is 761 g/mol. The molecule has 1 aromatic carbocycles. The van der Waals surface area contributed by atoms with E-state index in [1.807, 2.05) is 39.0 Å². The Morgan fingerprint density at radius 3 is 2.19 bits per heavy atom. The van der Waals surface area contributed by atoms with Crippen LogP contribution < -0.4 is 10.4 Å². The number of amides is 2. The number of benzene rings is 1. The highest BCUT2D eigenvalue weighted by Gasteiger charge is 2.75. The van der Waals surface area contributed by atoms with Crippen LogP contribution in [0.3, 0.4) is 0 Å². The lowest BCUT2D eigenvalue weighted by atomic mass is 9.44. The molecule has 302 valence electrons. The summed E-state index contributed by atoms with van der Waals surface area (Å²) in [4.78, 5) is 48.1. The molecule has 0 radical (unpaired) electrons. The quantitative estimate of drug-likeness (QED) is 0.202. The van der Waals surface area contributed by atoms with Gasteiger partial charge < -0.3 is 30.3 Å². The van der Waals surface area contributed by atoms with Crippen LogP contribution in [0.15, 0.2) is 54.1 Å². The van der Waals surface area contributed by atoms with Gasteiger partial charge in [0, 0.05) is 30.0 Å². The maximum atomic E-state index is 16.9. The SMILES string of the molecule is CCCCC1C(=O)NN(c2ccccc2)C1=O.CCOCC.C[C@H]1C[C@H]2[C@@H]3CCC4=CC(=O)C=C[C@]4(C)[C@@]3(F)[C@@H](O)C[C@]2(C)[C@@]1(O)C(=O)CO.OCCO. The molecule has 4 fully saturated rings. The molecule has 2 amide bonds. The zero-order valence-electron chi connectivity index (χ0n) is 32.6. The van der Waals surface area contributed by atoms with Gasteiger partial charge in [-0.15, -0.1) is 0 Å². The van der Waals surface area contributed by atoms with E-state index in [9.17, 15) is 34.5 Å². The van der Waals surface area contributed by atoms with Crippen molar-refractivity contribution in [2.45, 2.75) is 104 Å². The number of hydrazine groups is 1. The van der Waals surface area contributed by atoms with Crippen LogP contribution in [-0.2, 0) is 23.9 Å². The first-order valence-electron chi connectivity index (χ1n) is 19.2. The van der Waals surface area contributed by atoms with Gasteiger partial charge in [0.15, 0.2) is 17.2 Å². The summed E-state index contributed by atoms with van der Waals surface area (Å²) < 4.78 is 21.7. The molecule has 1 aromatic rings. The second kappa shape index (κ2) is 19.0. The number of para-hydroxylation sites is 1. The molecule has 0 aromatic heterocycles. The van der Waals surface area contributed by atoms with Gasteiger partial charge in [-0.3, -0.25) is 24.6 Å². The third-order valence-electron chi connectivity index (χ3n) is 12.2. The lowest BCUT2D eigenvalue weighted by Crippen LogP contribution is -2.69. The van der Waals surface area contributed by atoms with Crippen molar-refractivity contribution < 1.29 is 53.8 Å². The zero-order chi connectivity index (χ0) is 40.5. The van der Waals surface area contributed by atoms with Gasteiger partial charge in [-0.05, 0) is 89.0 Å². The van der Waals surface area contributed by atoms with E-state index in [1.54, 1.807) is 39.0 Å². The molecule has 9 atom stereocenters. The summed E-state index contributed by atoms with van der Waals surface area (Å²) in [5.41, 5.74) is -1.83. The normalized spacial score (nSPS) is 34.7. The Balaban J connectivity index is 0.000000255. The van der Waals surface area contributed by atoms with Crippen LogP contribution in [-0.4, -0.2) is 99.3 Å². The standard InChI is InChI=1S/C22H29FO5.C13H16N2O2.C4H10O.C2H6O2/c1-12-8-16-15-5-4-13-9-14(25)6-7-19(13,2)21(15,23)17(26)10-20(16,3)22(12,28)18(27)11-24;1-2-3-9-11-12(16)14-15(13(11)17)10-7-5-4-6-8-10;1-3-5-4-2;3-1-2-4/h6-7,9,12,15-17,24,26,28H,4-5,8,10-11H2,1-3H3;4-8,11H,2-3,9H2,1H3,(H,14,16);3-4H2,1-2H3;3-4H,1-2H2/t12-,15-,16-,17-,19-,20-,21-,22-;;;/m0.../s1. The van der Waals surface area contributed by atoms with Crippen molar-refractivity contribution in [3.05, 3.63) is 54.1 Å². The van der Waals surface area contributed by atoms with Crippen LogP contribution in [0.5, 0.6) is 0 Å². The number of unbranched alkanes of at least 4 members (excludes halogenated alkanes) is 1. The number of ether oxygens (including phenoxy) is 1. The number of hydrogen-bond donors (Lipinski definition) is 6. The van der Waals surface area contributed by atoms with E-state index in [0.717, 1.165) is 26.1 Å². The molecule has 1 unspecified atom stereocenters. The van der Waals surface area contributed by atoms with Crippen molar-refractivity contribution in [1.29, 1.82) is 0 Å². The minimum atomic E-state index is -1.98. The minimum Gasteiger partial charge on any atom is -0.394 e. The molecule has 6 N–H and O–H groups in total. The van der Waals surface area contributed by atoms with Crippen LogP contribution in [0.25, 0.3) is 0 Å². The molecule has 6 rings (SSSR count). The van der Waals surface area contributed by atoms with Gasteiger partial charge in [0.25, 0.3) is 11.8 Å². The highest BCUT2D eigenvalue weighted by Crippen LogP contribution is 2.70. The first-order chi connectivity index (χ1) is 25.5. The number of allylic oxidation sites excluding steroid dienone is 4. The Kier molecular flexibility index (Phi) is 15.9. The first kappa shape index (κ1) is 45.1. The van der Waals surface area contributed by atoms with Crippen molar-refractivity contribution >= 4 is 29.1 Å². The number of Topliss-reactive ketones (excluding diaryl/α,β-unsaturated/α-hetero) is 1. The molecule has 1 heterocycles. The second-order valence-electron chi connectivity index (χ2n) is 15.2. The second-order valence-corrected chi connectivity index (χ2v) is 15.2. The van der Waals surface area contributed by atoms with E-state index in [1.165, 1.54) is 17.2 Å². The number of nitrogens with zero attached hydrogens (tertiary/aromatic N) is 1. The van der Waals surface area contributed by atoms with E-state index in [0.29, 0.717) is 36.9 Å². The van der Waals surface area contributed by atoms with Gasteiger partial charge in [0.1, 0.15) is 18.1 Å². The van der Waals surface area contributed by atoms with Crippen molar-refractivity contribution in [2.75, 3.05) is 38.0 Å². The molecule has 1 aliphatic heterocycles. The molecule has 5 aliphatic rings. The number of carbonyl (C=O) groups excluding carboxylic acids is 4. The third kappa shape index (κ3) is 8.27. The Morgan fingerprint density at radius 1 is 1.02 bits per heavy atom. The van der Waals surface area contributed by atoms with E-state index in [4.69, 9.17) is 14.9 Å². The number of rotatable bonds is 9. The molecule has 12 nitrogen and oxygen atoms in total. The van der Waals surface area contributed by atoms with Crippen LogP contribution in [0, 0.1) is 34.5 Å². The number of alkyl halides is 1. The fourth-order valence-corrected chi connectivity index (χ4v) is 9.41. The molecule has 3 saturated carbocycles. The number of carbonyl (C=O) groups is 4. The zero-order valence-corrected chi connectivity index (χ0v) is 32.6. The lowest BCUT2D eigenvalue weighted by Gasteiger charge is -2.62. The summed E-state index contributed by atoms with van der Waals surface area (Å²) in [6.07, 6.45) is 6.95. The molecule has 0 spiro atoms. The van der Waals surface area contributed by atoms with Crippen LogP contribution in [0.2, 0.25) is 0 Å². The summed E-state index contributed by atoms with van der Waals surface area (Å²) in [5.74, 6) is -2.97. The van der Waals surface area contributed by atoms with Crippen molar-refractivity contribution in [1.82, 2.24) is 5.43 Å². The van der Waals surface area contributed by atoms with Crippen molar-refractivity contribution in [3.8, 4) is 0 Å². The molecular weight excluding hydrogens is 699 g/mol. The summed E-state index contributed by atoms with van der Waals surface area (Å²) in [5, 5.41) is 48.6. The number of nitrogens with one attached hydrogen (secondary N) is 1. The molecule has 4 aliphatic carbocycles. The number of anilines is 1. The largest absolute Gasteiger partial charge is 0.394 e. The Bertz CT molecular complexity index is 1520. The van der Waals surface area contributed by atoms with Gasteiger partial charge in [0.2, 0.25) is 0 Å². The number of aliphatic hydroxyl groups is 5. The smallest absolute Gasteiger partial charge is 0.258 e. The number of ketones is 2. The van der Waals surface area contributed by atoms with Crippen LogP contribution in [0.4, 0.5) is 10.1 Å². The fraction of sp³-hybridized carbons (Fsp3) is 0.659. The number of aliphatic hydroxyl groups excluding tert-OH is 4. The van der Waals surface area contributed by atoms with E-state index >= 15 is 4.39 Å². The first-order valence-corrected chi connectivity index (χ1v) is 19.2. The Morgan fingerprint density at radius 2 is 1.65 bits per heavy atom. The van der Waals surface area contributed by atoms with Gasteiger partial charge >= 0.3 is 0 Å². The topological polar surface area (TPSA) is 194 Å². The van der Waals surface area contributed by atoms with E-state index < -0.39 is 58.3 Å². The summed E-state index contributed by atoms with van der Waals surface area (Å²) in [6.45, 7) is 11.9. The maximum Gasteiger partial charge on any atom is 0.258 e. The minimum absolute atomic E-state index is 0.0676. The number of hydrogen-bond acceptors (Lipinski definition) is 10. The van der Waals surface area contributed by atoms with Gasteiger partial charge in [0.05, 0.1) is 25.0 Å². The van der Waals surface area contributed by atoms with Gasteiger partial charge in [-0.1, -0.05) is 63.5 Å². The molecule has 54 heavy (non-hydrogen) atoms. The fourth-order valence-electron chi connectivity index (χ4n) is 9.41. The Labute approximate surface area is 318 Å². The van der Waals surface area contributed by atoms with E-state index in [2.05, 4.69) is 5.43 Å². The average Bonchev–Trinajstić information content (AvgIpc) is 3.56. The van der Waals surface area contributed by atoms with Crippen molar-refractivity contribution in [3.63, 3.8) is 0 Å². The number of fused-ring (bicyclic) bond motifs is 5. The van der Waals surface area contributed by atoms with Gasteiger partial charge in [-0.2, -0.15) is 0 Å². The van der Waals surface area contributed by atoms with E-state index in [-0.39, 0.29) is 43.2 Å². The highest BCUT2D eigenvalue weighted by atomic mass is 19.1. The molecule has 0 bridgehead atoms. The van der Waals surface area contributed by atoms with Crippen LogP contribution in [0.1, 0.15) is 86.5 Å².